The van der Waals surface area contributed by atoms with Crippen LogP contribution in [0.3, 0.4) is 0 Å². The molecular weight excluding hydrogens is 404 g/mol. The molecule has 0 bridgehead atoms. The van der Waals surface area contributed by atoms with Crippen LogP contribution in [0.2, 0.25) is 0 Å². The minimum atomic E-state index is -0.366. The summed E-state index contributed by atoms with van der Waals surface area (Å²) in [5, 5.41) is 5.61. The van der Waals surface area contributed by atoms with Crippen LogP contribution >= 0.6 is 0 Å². The van der Waals surface area contributed by atoms with Crippen LogP contribution in [0.5, 0.6) is 5.75 Å². The molecule has 0 spiro atoms. The fraction of sp³-hybridized carbons (Fsp3) is 0.231. The lowest BCUT2D eigenvalue weighted by molar-refractivity contribution is -0.117. The highest BCUT2D eigenvalue weighted by molar-refractivity contribution is 6.05. The summed E-state index contributed by atoms with van der Waals surface area (Å²) in [5.74, 6) is 0.622. The summed E-state index contributed by atoms with van der Waals surface area (Å²) >= 11 is 0. The molecule has 0 radical (unpaired) electrons. The maximum Gasteiger partial charge on any atom is 0.267 e. The lowest BCUT2D eigenvalue weighted by Gasteiger charge is -2.12. The van der Waals surface area contributed by atoms with E-state index in [1.165, 1.54) is 17.9 Å². The van der Waals surface area contributed by atoms with Gasteiger partial charge in [0.05, 0.1) is 12.9 Å². The van der Waals surface area contributed by atoms with Crippen LogP contribution in [0.4, 0.5) is 0 Å². The van der Waals surface area contributed by atoms with Crippen LogP contribution < -0.4 is 15.4 Å². The van der Waals surface area contributed by atoms with Crippen molar-refractivity contribution in [3.8, 4) is 5.75 Å². The van der Waals surface area contributed by atoms with Crippen LogP contribution in [-0.2, 0) is 11.2 Å². The van der Waals surface area contributed by atoms with Gasteiger partial charge in [0.25, 0.3) is 11.8 Å². The highest BCUT2D eigenvalue weighted by Gasteiger charge is 2.16. The summed E-state index contributed by atoms with van der Waals surface area (Å²) in [5.41, 5.74) is 2.65. The number of nitrogens with one attached hydrogen (secondary N) is 2. The van der Waals surface area contributed by atoms with Gasteiger partial charge in [0.15, 0.2) is 0 Å². The first-order valence-electron chi connectivity index (χ1n) is 10.7. The van der Waals surface area contributed by atoms with Gasteiger partial charge in [0.1, 0.15) is 17.2 Å². The van der Waals surface area contributed by atoms with Crippen molar-refractivity contribution in [1.82, 2.24) is 10.6 Å². The van der Waals surface area contributed by atoms with Crippen molar-refractivity contribution < 1.29 is 18.7 Å². The molecule has 3 aromatic rings. The number of hydrogen-bond donors (Lipinski definition) is 2. The molecule has 2 aromatic carbocycles. The Labute approximate surface area is 188 Å². The average Bonchev–Trinajstić information content (AvgIpc) is 3.31. The van der Waals surface area contributed by atoms with E-state index in [-0.39, 0.29) is 17.5 Å². The van der Waals surface area contributed by atoms with Gasteiger partial charge in [-0.15, -0.1) is 0 Å². The van der Waals surface area contributed by atoms with Gasteiger partial charge in [-0.25, -0.2) is 0 Å². The van der Waals surface area contributed by atoms with Crippen LogP contribution in [0, 0.1) is 6.92 Å². The Morgan fingerprint density at radius 2 is 1.81 bits per heavy atom. The zero-order valence-electron chi connectivity index (χ0n) is 18.4. The third-order valence-corrected chi connectivity index (χ3v) is 4.87. The first-order valence-corrected chi connectivity index (χ1v) is 10.7. The summed E-state index contributed by atoms with van der Waals surface area (Å²) in [6, 6.07) is 18.6. The van der Waals surface area contributed by atoms with Crippen LogP contribution in [0.15, 0.2) is 77.0 Å². The number of furan rings is 1. The van der Waals surface area contributed by atoms with E-state index in [0.717, 1.165) is 24.2 Å². The molecule has 3 rings (SSSR count). The Morgan fingerprint density at radius 1 is 1.03 bits per heavy atom. The molecule has 1 heterocycles. The van der Waals surface area contributed by atoms with E-state index in [1.807, 2.05) is 50.2 Å². The first kappa shape index (κ1) is 22.9. The van der Waals surface area contributed by atoms with Gasteiger partial charge in [-0.05, 0) is 68.1 Å². The highest BCUT2D eigenvalue weighted by atomic mass is 16.5. The molecule has 0 unspecified atom stereocenters. The fourth-order valence-corrected chi connectivity index (χ4v) is 3.20. The van der Waals surface area contributed by atoms with Crippen molar-refractivity contribution in [1.29, 1.82) is 0 Å². The number of amides is 2. The SMILES string of the molecule is CCOc1ccc(CCCNC(=O)/C(=C/c2ccco2)NC(=O)c2ccccc2C)cc1. The van der Waals surface area contributed by atoms with Crippen molar-refractivity contribution in [2.24, 2.45) is 0 Å². The Kier molecular flexibility index (Phi) is 8.26. The third kappa shape index (κ3) is 6.60. The van der Waals surface area contributed by atoms with Crippen LogP contribution in [0.25, 0.3) is 6.08 Å². The van der Waals surface area contributed by atoms with Gasteiger partial charge in [-0.3, -0.25) is 9.59 Å². The van der Waals surface area contributed by atoms with Gasteiger partial charge in [0.2, 0.25) is 0 Å². The van der Waals surface area contributed by atoms with Crippen molar-refractivity contribution in [2.45, 2.75) is 26.7 Å². The van der Waals surface area contributed by atoms with E-state index < -0.39 is 0 Å². The number of aryl methyl sites for hydroxylation is 2. The molecule has 2 amide bonds. The van der Waals surface area contributed by atoms with Crippen molar-refractivity contribution >= 4 is 17.9 Å². The first-order chi connectivity index (χ1) is 15.6. The quantitative estimate of drug-likeness (QED) is 0.365. The summed E-state index contributed by atoms with van der Waals surface area (Å²) < 4.78 is 10.8. The molecule has 0 fully saturated rings. The van der Waals surface area contributed by atoms with E-state index in [9.17, 15) is 9.59 Å². The maximum atomic E-state index is 12.8. The fourth-order valence-electron chi connectivity index (χ4n) is 3.20. The van der Waals surface area contributed by atoms with E-state index in [4.69, 9.17) is 9.15 Å². The second-order valence-corrected chi connectivity index (χ2v) is 7.28. The van der Waals surface area contributed by atoms with E-state index in [2.05, 4.69) is 10.6 Å². The highest BCUT2D eigenvalue weighted by Crippen LogP contribution is 2.13. The normalized spacial score (nSPS) is 11.1. The number of carbonyl (C=O) groups excluding carboxylic acids is 2. The second-order valence-electron chi connectivity index (χ2n) is 7.28. The molecule has 0 aliphatic rings. The van der Waals surface area contributed by atoms with Crippen LogP contribution in [0.1, 0.15) is 40.6 Å². The van der Waals surface area contributed by atoms with Gasteiger partial charge in [-0.1, -0.05) is 30.3 Å². The van der Waals surface area contributed by atoms with Crippen molar-refractivity contribution in [2.75, 3.05) is 13.2 Å². The zero-order valence-corrected chi connectivity index (χ0v) is 18.4. The maximum absolute atomic E-state index is 12.8. The van der Waals surface area contributed by atoms with Gasteiger partial charge in [0, 0.05) is 18.2 Å². The number of carbonyl (C=O) groups is 2. The monoisotopic (exact) mass is 432 g/mol. The topological polar surface area (TPSA) is 80.6 Å². The minimum Gasteiger partial charge on any atom is -0.494 e. The number of hydrogen-bond acceptors (Lipinski definition) is 4. The van der Waals surface area contributed by atoms with Gasteiger partial charge in [-0.2, -0.15) is 0 Å². The number of rotatable bonds is 10. The van der Waals surface area contributed by atoms with E-state index >= 15 is 0 Å². The molecule has 0 aliphatic carbocycles. The predicted molar refractivity (Wildman–Crippen MR) is 124 cm³/mol. The average molecular weight is 433 g/mol. The smallest absolute Gasteiger partial charge is 0.267 e. The Balaban J connectivity index is 1.59. The third-order valence-electron chi connectivity index (χ3n) is 4.87. The minimum absolute atomic E-state index is 0.134. The summed E-state index contributed by atoms with van der Waals surface area (Å²) in [7, 11) is 0. The number of ether oxygens (including phenoxy) is 1. The predicted octanol–water partition coefficient (Wildman–Crippen LogP) is 4.51. The Morgan fingerprint density at radius 3 is 2.50 bits per heavy atom. The molecule has 0 saturated carbocycles. The Hall–Kier alpha value is -3.80. The largest absolute Gasteiger partial charge is 0.494 e. The lowest BCUT2D eigenvalue weighted by atomic mass is 10.1. The number of benzene rings is 2. The standard InChI is InChI=1S/C26H28N2O4/c1-3-31-21-14-12-20(13-15-21)9-6-16-27-26(30)24(18-22-10-7-17-32-22)28-25(29)23-11-5-4-8-19(23)2/h4-5,7-8,10-15,17-18H,3,6,9,16H2,1-2H3,(H,27,30)(H,28,29)/b24-18-. The molecule has 0 atom stereocenters. The molecule has 0 aliphatic heterocycles. The van der Waals surface area contributed by atoms with Crippen molar-refractivity contribution in [3.05, 3.63) is 95.1 Å². The summed E-state index contributed by atoms with van der Waals surface area (Å²) in [6.45, 7) is 4.92. The molecule has 1 aromatic heterocycles. The molecule has 32 heavy (non-hydrogen) atoms. The molecule has 2 N–H and O–H groups in total. The molecular formula is C26H28N2O4. The van der Waals surface area contributed by atoms with Gasteiger partial charge < -0.3 is 19.8 Å². The van der Waals surface area contributed by atoms with Crippen LogP contribution in [-0.4, -0.2) is 25.0 Å². The van der Waals surface area contributed by atoms with E-state index in [0.29, 0.717) is 24.5 Å². The summed E-state index contributed by atoms with van der Waals surface area (Å²) in [6.07, 6.45) is 4.62. The molecule has 6 nitrogen and oxygen atoms in total. The Bertz CT molecular complexity index is 1050. The molecule has 166 valence electrons. The summed E-state index contributed by atoms with van der Waals surface area (Å²) in [4.78, 5) is 25.5. The van der Waals surface area contributed by atoms with E-state index in [1.54, 1.807) is 24.3 Å². The lowest BCUT2D eigenvalue weighted by Crippen LogP contribution is -2.35. The van der Waals surface area contributed by atoms with Gasteiger partial charge >= 0.3 is 0 Å². The molecule has 0 saturated heterocycles. The molecule has 6 heteroatoms. The second kappa shape index (κ2) is 11.6. The van der Waals surface area contributed by atoms with Crippen molar-refractivity contribution in [3.63, 3.8) is 0 Å². The zero-order chi connectivity index (χ0) is 22.8.